The first-order valence-corrected chi connectivity index (χ1v) is 7.57. The van der Waals surface area contributed by atoms with Gasteiger partial charge in [0.2, 0.25) is 0 Å². The molecule has 0 fully saturated rings. The highest BCUT2D eigenvalue weighted by molar-refractivity contribution is 6.37. The fraction of sp³-hybridized carbons (Fsp3) is 0.125. The lowest BCUT2D eigenvalue weighted by molar-refractivity contribution is 0.0955. The molecule has 0 unspecified atom stereocenters. The number of rotatable bonds is 5. The number of carbonyl (C=O) groups excluding carboxylic acids is 1. The summed E-state index contributed by atoms with van der Waals surface area (Å²) < 4.78 is 5.34. The van der Waals surface area contributed by atoms with Gasteiger partial charge in [-0.05, 0) is 42.8 Å². The van der Waals surface area contributed by atoms with Gasteiger partial charge in [-0.15, -0.1) is 0 Å². The van der Waals surface area contributed by atoms with E-state index in [-0.39, 0.29) is 5.91 Å². The standard InChI is InChI=1S/C16H15Cl2N3O2/c1-2-23-15-13(17)6-10(7-14(15)18)9-20-21-16(22)11-4-3-5-12(19)8-11/h3-9H,2,19H2,1H3,(H,21,22)/b20-9-. The van der Waals surface area contributed by atoms with Crippen LogP contribution in [0.3, 0.4) is 0 Å². The first kappa shape index (κ1) is 17.1. The SMILES string of the molecule is CCOc1c(Cl)cc(/C=N\NC(=O)c2cccc(N)c2)cc1Cl. The lowest BCUT2D eigenvalue weighted by Crippen LogP contribution is -2.17. The van der Waals surface area contributed by atoms with Gasteiger partial charge in [-0.3, -0.25) is 4.79 Å². The number of hydrogen-bond donors (Lipinski definition) is 2. The van der Waals surface area contributed by atoms with Crippen LogP contribution >= 0.6 is 23.2 Å². The Kier molecular flexibility index (Phi) is 5.84. The molecule has 0 aliphatic heterocycles. The van der Waals surface area contributed by atoms with Crippen LogP contribution in [0.4, 0.5) is 5.69 Å². The van der Waals surface area contributed by atoms with Gasteiger partial charge in [0, 0.05) is 11.3 Å². The van der Waals surface area contributed by atoms with Gasteiger partial charge in [0.15, 0.2) is 5.75 Å². The molecule has 0 bridgehead atoms. The van der Waals surface area contributed by atoms with Crippen LogP contribution in [0.25, 0.3) is 0 Å². The minimum absolute atomic E-state index is 0.364. The van der Waals surface area contributed by atoms with Gasteiger partial charge in [-0.1, -0.05) is 29.3 Å². The molecule has 0 heterocycles. The maximum atomic E-state index is 11.9. The van der Waals surface area contributed by atoms with Gasteiger partial charge < -0.3 is 10.5 Å². The predicted octanol–water partition coefficient (Wildman–Crippen LogP) is 3.74. The molecule has 120 valence electrons. The van der Waals surface area contributed by atoms with E-state index >= 15 is 0 Å². The quantitative estimate of drug-likeness (QED) is 0.489. The number of ether oxygens (including phenoxy) is 1. The molecule has 0 aliphatic rings. The van der Waals surface area contributed by atoms with E-state index in [1.165, 1.54) is 6.21 Å². The summed E-state index contributed by atoms with van der Waals surface area (Å²) in [6.45, 7) is 2.30. The van der Waals surface area contributed by atoms with Crippen LogP contribution in [0.15, 0.2) is 41.5 Å². The summed E-state index contributed by atoms with van der Waals surface area (Å²) in [6.07, 6.45) is 1.44. The molecule has 2 aromatic carbocycles. The van der Waals surface area contributed by atoms with Crippen molar-refractivity contribution in [1.82, 2.24) is 5.43 Å². The number of amides is 1. The van der Waals surface area contributed by atoms with Gasteiger partial charge >= 0.3 is 0 Å². The number of nitrogen functional groups attached to an aromatic ring is 1. The van der Waals surface area contributed by atoms with Gasteiger partial charge in [0.05, 0.1) is 22.9 Å². The summed E-state index contributed by atoms with van der Waals surface area (Å²) in [4.78, 5) is 11.9. The van der Waals surface area contributed by atoms with Crippen molar-refractivity contribution < 1.29 is 9.53 Å². The van der Waals surface area contributed by atoms with Crippen LogP contribution in [0.5, 0.6) is 5.75 Å². The highest BCUT2D eigenvalue weighted by atomic mass is 35.5. The Balaban J connectivity index is 2.07. The molecule has 2 rings (SSSR count). The van der Waals surface area contributed by atoms with Crippen molar-refractivity contribution in [3.8, 4) is 5.75 Å². The van der Waals surface area contributed by atoms with E-state index in [1.807, 2.05) is 6.92 Å². The monoisotopic (exact) mass is 351 g/mol. The molecule has 0 saturated carbocycles. The van der Waals surface area contributed by atoms with E-state index in [1.54, 1.807) is 36.4 Å². The van der Waals surface area contributed by atoms with Crippen molar-refractivity contribution in [2.75, 3.05) is 12.3 Å². The summed E-state index contributed by atoms with van der Waals surface area (Å²) in [5, 5.41) is 4.64. The van der Waals surface area contributed by atoms with Crippen molar-refractivity contribution in [1.29, 1.82) is 0 Å². The van der Waals surface area contributed by atoms with Crippen molar-refractivity contribution >= 4 is 41.0 Å². The first-order chi connectivity index (χ1) is 11.0. The number of nitrogens with one attached hydrogen (secondary N) is 1. The van der Waals surface area contributed by atoms with Crippen molar-refractivity contribution in [3.05, 3.63) is 57.6 Å². The zero-order chi connectivity index (χ0) is 16.8. The highest BCUT2D eigenvalue weighted by Crippen LogP contribution is 2.33. The van der Waals surface area contributed by atoms with Crippen LogP contribution < -0.4 is 15.9 Å². The second-order valence-corrected chi connectivity index (χ2v) is 5.39. The molecule has 23 heavy (non-hydrogen) atoms. The summed E-state index contributed by atoms with van der Waals surface area (Å²) in [5.41, 5.74) is 9.60. The van der Waals surface area contributed by atoms with Crippen LogP contribution in [0, 0.1) is 0 Å². The van der Waals surface area contributed by atoms with E-state index in [4.69, 9.17) is 33.7 Å². The molecule has 0 spiro atoms. The summed E-state index contributed by atoms with van der Waals surface area (Å²) in [7, 11) is 0. The van der Waals surface area contributed by atoms with Crippen LogP contribution in [0.1, 0.15) is 22.8 Å². The third-order valence-corrected chi connectivity index (χ3v) is 3.40. The van der Waals surface area contributed by atoms with E-state index in [9.17, 15) is 4.79 Å². The largest absolute Gasteiger partial charge is 0.491 e. The number of nitrogens with zero attached hydrogens (tertiary/aromatic N) is 1. The fourth-order valence-electron chi connectivity index (χ4n) is 1.85. The summed E-state index contributed by atoms with van der Waals surface area (Å²) in [5.74, 6) is 0.0634. The highest BCUT2D eigenvalue weighted by Gasteiger charge is 2.08. The van der Waals surface area contributed by atoms with E-state index in [0.29, 0.717) is 39.2 Å². The molecule has 0 aromatic heterocycles. The van der Waals surface area contributed by atoms with Gasteiger partial charge in [0.25, 0.3) is 5.91 Å². The average Bonchev–Trinajstić information content (AvgIpc) is 2.51. The molecular weight excluding hydrogens is 337 g/mol. The normalized spacial score (nSPS) is 10.7. The average molecular weight is 352 g/mol. The lowest BCUT2D eigenvalue weighted by Gasteiger charge is -2.08. The Morgan fingerprint density at radius 3 is 2.61 bits per heavy atom. The number of carbonyl (C=O) groups is 1. The zero-order valence-corrected chi connectivity index (χ0v) is 13.9. The Labute approximate surface area is 144 Å². The van der Waals surface area contributed by atoms with Crippen molar-refractivity contribution in [2.45, 2.75) is 6.92 Å². The van der Waals surface area contributed by atoms with E-state index < -0.39 is 0 Å². The lowest BCUT2D eigenvalue weighted by atomic mass is 10.2. The zero-order valence-electron chi connectivity index (χ0n) is 12.3. The topological polar surface area (TPSA) is 76.7 Å². The molecule has 3 N–H and O–H groups in total. The third-order valence-electron chi connectivity index (χ3n) is 2.84. The van der Waals surface area contributed by atoms with Gasteiger partial charge in [0.1, 0.15) is 0 Å². The van der Waals surface area contributed by atoms with Crippen molar-refractivity contribution in [3.63, 3.8) is 0 Å². The molecule has 2 aromatic rings. The maximum absolute atomic E-state index is 11.9. The molecular formula is C16H15Cl2N3O2. The molecule has 5 nitrogen and oxygen atoms in total. The maximum Gasteiger partial charge on any atom is 0.271 e. The Morgan fingerprint density at radius 2 is 2.00 bits per heavy atom. The van der Waals surface area contributed by atoms with Crippen LogP contribution in [-0.2, 0) is 0 Å². The Morgan fingerprint density at radius 1 is 1.30 bits per heavy atom. The molecule has 0 radical (unpaired) electrons. The molecule has 7 heteroatoms. The molecule has 0 atom stereocenters. The second kappa shape index (κ2) is 7.85. The molecule has 0 aliphatic carbocycles. The number of halogens is 2. The number of hydrazone groups is 1. The number of anilines is 1. The van der Waals surface area contributed by atoms with Crippen molar-refractivity contribution in [2.24, 2.45) is 5.10 Å². The predicted molar refractivity (Wildman–Crippen MR) is 93.5 cm³/mol. The smallest absolute Gasteiger partial charge is 0.271 e. The Hall–Kier alpha value is -2.24. The summed E-state index contributed by atoms with van der Waals surface area (Å²) in [6, 6.07) is 9.90. The Bertz CT molecular complexity index is 725. The fourth-order valence-corrected chi connectivity index (χ4v) is 2.46. The first-order valence-electron chi connectivity index (χ1n) is 6.82. The van der Waals surface area contributed by atoms with Gasteiger partial charge in [-0.2, -0.15) is 5.10 Å². The summed E-state index contributed by atoms with van der Waals surface area (Å²) >= 11 is 12.2. The number of nitrogens with two attached hydrogens (primary N) is 1. The minimum Gasteiger partial charge on any atom is -0.491 e. The molecule has 1 amide bonds. The number of benzene rings is 2. The minimum atomic E-state index is -0.364. The van der Waals surface area contributed by atoms with Gasteiger partial charge in [-0.25, -0.2) is 5.43 Å². The molecule has 0 saturated heterocycles. The third kappa shape index (κ3) is 4.61. The number of hydrogen-bond acceptors (Lipinski definition) is 4. The van der Waals surface area contributed by atoms with Crippen LogP contribution in [-0.4, -0.2) is 18.7 Å². The second-order valence-electron chi connectivity index (χ2n) is 4.57. The van der Waals surface area contributed by atoms with Crippen LogP contribution in [0.2, 0.25) is 10.0 Å². The van der Waals surface area contributed by atoms with E-state index in [0.717, 1.165) is 0 Å². The van der Waals surface area contributed by atoms with E-state index in [2.05, 4.69) is 10.5 Å².